The van der Waals surface area contributed by atoms with Crippen molar-refractivity contribution in [3.05, 3.63) is 24.0 Å². The molecule has 1 rings (SSSR count). The smallest absolute Gasteiger partial charge is 0.242 e. The number of aryl methyl sites for hydroxylation is 1. The molecule has 25 heavy (non-hydrogen) atoms. The monoisotopic (exact) mass is 369 g/mol. The molecule has 1 heterocycles. The lowest BCUT2D eigenvalue weighted by Crippen LogP contribution is -2.46. The molecule has 0 saturated carbocycles. The summed E-state index contributed by atoms with van der Waals surface area (Å²) in [5.41, 5.74) is 1.07. The van der Waals surface area contributed by atoms with Crippen LogP contribution >= 0.6 is 11.6 Å². The number of alkyl halides is 1. The Morgan fingerprint density at radius 2 is 1.64 bits per heavy atom. The summed E-state index contributed by atoms with van der Waals surface area (Å²) >= 11 is 5.97. The number of carbonyl (C=O) groups excluding carboxylic acids is 2. The fourth-order valence-electron chi connectivity index (χ4n) is 2.74. The van der Waals surface area contributed by atoms with E-state index < -0.39 is 5.38 Å². The quantitative estimate of drug-likeness (QED) is 0.628. The van der Waals surface area contributed by atoms with Crippen LogP contribution in [0.4, 0.5) is 0 Å². The zero-order valence-electron chi connectivity index (χ0n) is 16.3. The maximum Gasteiger partial charge on any atom is 0.242 e. The van der Waals surface area contributed by atoms with Crippen molar-refractivity contribution in [3.63, 3.8) is 0 Å². The van der Waals surface area contributed by atoms with E-state index in [0.717, 1.165) is 5.69 Å². The van der Waals surface area contributed by atoms with Gasteiger partial charge in [-0.05, 0) is 30.9 Å². The Morgan fingerprint density at radius 1 is 1.08 bits per heavy atom. The lowest BCUT2D eigenvalue weighted by atomic mass is 10.1. The minimum Gasteiger partial charge on any atom is -0.353 e. The average molecular weight is 370 g/mol. The third-order valence-electron chi connectivity index (χ3n) is 3.91. The molecule has 1 atom stereocenters. The van der Waals surface area contributed by atoms with E-state index >= 15 is 0 Å². The van der Waals surface area contributed by atoms with Gasteiger partial charge in [0.25, 0.3) is 0 Å². The molecule has 1 aromatic heterocycles. The molecule has 0 aliphatic heterocycles. The van der Waals surface area contributed by atoms with E-state index in [1.54, 1.807) is 11.8 Å². The summed E-state index contributed by atoms with van der Waals surface area (Å²) in [4.78, 5) is 28.7. The van der Waals surface area contributed by atoms with Crippen molar-refractivity contribution in [1.29, 1.82) is 0 Å². The van der Waals surface area contributed by atoms with Gasteiger partial charge in [0.15, 0.2) is 0 Å². The van der Waals surface area contributed by atoms with Crippen LogP contribution in [0, 0.1) is 11.8 Å². The maximum absolute atomic E-state index is 12.9. The number of hydrogen-bond acceptors (Lipinski definition) is 2. The van der Waals surface area contributed by atoms with Gasteiger partial charge < -0.3 is 14.4 Å². The molecule has 0 radical (unpaired) electrons. The number of nitrogens with zero attached hydrogens (tertiary/aromatic N) is 3. The predicted octanol–water partition coefficient (Wildman–Crippen LogP) is 3.12. The Kier molecular flexibility index (Phi) is 8.50. The molecule has 0 fully saturated rings. The second kappa shape index (κ2) is 9.85. The van der Waals surface area contributed by atoms with Crippen LogP contribution in [0.1, 0.15) is 40.3 Å². The Balaban J connectivity index is 2.90. The second-order valence-corrected chi connectivity index (χ2v) is 8.16. The Labute approximate surface area is 156 Å². The number of carbonyl (C=O) groups is 2. The van der Waals surface area contributed by atoms with Crippen molar-refractivity contribution < 1.29 is 9.59 Å². The summed E-state index contributed by atoms with van der Waals surface area (Å²) in [6.45, 7) is 11.7. The van der Waals surface area contributed by atoms with E-state index in [0.29, 0.717) is 25.6 Å². The normalized spacial score (nSPS) is 12.5. The first-order chi connectivity index (χ1) is 11.6. The maximum atomic E-state index is 12.9. The van der Waals surface area contributed by atoms with E-state index in [4.69, 9.17) is 11.6 Å². The molecule has 0 unspecified atom stereocenters. The molecule has 0 aromatic carbocycles. The van der Waals surface area contributed by atoms with Gasteiger partial charge in [-0.2, -0.15) is 0 Å². The number of amides is 2. The minimum absolute atomic E-state index is 0.0405. The first-order valence-electron chi connectivity index (χ1n) is 8.92. The van der Waals surface area contributed by atoms with Crippen molar-refractivity contribution >= 4 is 23.4 Å². The van der Waals surface area contributed by atoms with Gasteiger partial charge in [-0.15, -0.1) is 11.6 Å². The van der Waals surface area contributed by atoms with Gasteiger partial charge >= 0.3 is 0 Å². The fraction of sp³-hybridized carbons (Fsp3) is 0.684. The molecule has 0 aliphatic rings. The minimum atomic E-state index is -0.627. The molecule has 1 aromatic rings. The number of halogens is 1. The molecule has 5 nitrogen and oxygen atoms in total. The third-order valence-corrected chi connectivity index (χ3v) is 4.09. The first-order valence-corrected chi connectivity index (χ1v) is 9.36. The van der Waals surface area contributed by atoms with Crippen molar-refractivity contribution in [2.45, 2.75) is 46.5 Å². The van der Waals surface area contributed by atoms with Crippen molar-refractivity contribution in [3.8, 4) is 0 Å². The van der Waals surface area contributed by atoms with Crippen LogP contribution in [-0.2, 0) is 23.2 Å². The summed E-state index contributed by atoms with van der Waals surface area (Å²) in [6.07, 6.45) is 1.97. The summed E-state index contributed by atoms with van der Waals surface area (Å²) in [6, 6.07) is 3.98. The highest BCUT2D eigenvalue weighted by Crippen LogP contribution is 2.11. The molecular formula is C19H32ClN3O2. The highest BCUT2D eigenvalue weighted by Gasteiger charge is 2.25. The molecular weight excluding hydrogens is 338 g/mol. The highest BCUT2D eigenvalue weighted by molar-refractivity contribution is 6.30. The van der Waals surface area contributed by atoms with E-state index in [9.17, 15) is 9.59 Å². The van der Waals surface area contributed by atoms with E-state index in [2.05, 4.69) is 13.8 Å². The summed E-state index contributed by atoms with van der Waals surface area (Å²) < 4.78 is 2.01. The Morgan fingerprint density at radius 3 is 2.08 bits per heavy atom. The van der Waals surface area contributed by atoms with E-state index in [1.807, 2.05) is 48.7 Å². The van der Waals surface area contributed by atoms with Crippen LogP contribution in [-0.4, -0.2) is 51.2 Å². The van der Waals surface area contributed by atoms with Crippen molar-refractivity contribution in [2.75, 3.05) is 19.6 Å². The highest BCUT2D eigenvalue weighted by atomic mass is 35.5. The summed E-state index contributed by atoms with van der Waals surface area (Å²) in [7, 11) is 1.97. The van der Waals surface area contributed by atoms with Crippen LogP contribution in [0.25, 0.3) is 0 Å². The van der Waals surface area contributed by atoms with Crippen molar-refractivity contribution in [2.24, 2.45) is 18.9 Å². The topological polar surface area (TPSA) is 45.6 Å². The van der Waals surface area contributed by atoms with Gasteiger partial charge in [-0.3, -0.25) is 9.59 Å². The van der Waals surface area contributed by atoms with Gasteiger partial charge in [0.2, 0.25) is 11.8 Å². The summed E-state index contributed by atoms with van der Waals surface area (Å²) in [5, 5.41) is -0.627. The Bertz CT molecular complexity index is 567. The molecule has 6 heteroatoms. The van der Waals surface area contributed by atoms with Gasteiger partial charge in [-0.1, -0.05) is 27.7 Å². The molecule has 0 N–H and O–H groups in total. The predicted molar refractivity (Wildman–Crippen MR) is 102 cm³/mol. The fourth-order valence-corrected chi connectivity index (χ4v) is 2.88. The Hall–Kier alpha value is -1.49. The van der Waals surface area contributed by atoms with E-state index in [1.165, 1.54) is 0 Å². The molecule has 2 amide bonds. The molecule has 0 spiro atoms. The van der Waals surface area contributed by atoms with E-state index in [-0.39, 0.29) is 24.3 Å². The van der Waals surface area contributed by atoms with Gasteiger partial charge in [0.05, 0.1) is 13.1 Å². The largest absolute Gasteiger partial charge is 0.353 e. The van der Waals surface area contributed by atoms with Crippen LogP contribution in [0.15, 0.2) is 18.3 Å². The third kappa shape index (κ3) is 7.10. The van der Waals surface area contributed by atoms with Crippen LogP contribution < -0.4 is 0 Å². The lowest BCUT2D eigenvalue weighted by molar-refractivity contribution is -0.141. The first kappa shape index (κ1) is 21.6. The zero-order valence-corrected chi connectivity index (χ0v) is 17.1. The number of hydrogen-bond donors (Lipinski definition) is 0. The average Bonchev–Trinajstić information content (AvgIpc) is 2.89. The van der Waals surface area contributed by atoms with Crippen LogP contribution in [0.2, 0.25) is 0 Å². The number of rotatable bonds is 9. The second-order valence-electron chi connectivity index (χ2n) is 7.51. The zero-order chi connectivity index (χ0) is 19.1. The van der Waals surface area contributed by atoms with Crippen molar-refractivity contribution in [1.82, 2.24) is 14.4 Å². The van der Waals surface area contributed by atoms with Gasteiger partial charge in [-0.25, -0.2) is 0 Å². The SMILES string of the molecule is CC(C)CN(Cc1cccn1C)C(=O)CN(CC(C)C)C(=O)[C@H](C)Cl. The summed E-state index contributed by atoms with van der Waals surface area (Å²) in [5.74, 6) is 0.400. The number of aromatic nitrogens is 1. The van der Waals surface area contributed by atoms with Gasteiger partial charge in [0, 0.05) is 32.0 Å². The van der Waals surface area contributed by atoms with Crippen LogP contribution in [0.3, 0.4) is 0 Å². The molecule has 0 aliphatic carbocycles. The standard InChI is InChI=1S/C19H32ClN3O2/c1-14(2)10-22(12-17-8-7-9-21(17)6)18(24)13-23(11-15(3)4)19(25)16(5)20/h7-9,14-16H,10-13H2,1-6H3/t16-/m0/s1. The van der Waals surface area contributed by atoms with Crippen LogP contribution in [0.5, 0.6) is 0 Å². The lowest BCUT2D eigenvalue weighted by Gasteiger charge is -2.30. The molecule has 0 saturated heterocycles. The van der Waals surface area contributed by atoms with Gasteiger partial charge in [0.1, 0.15) is 5.38 Å². The molecule has 142 valence electrons. The molecule has 0 bridgehead atoms.